The highest BCUT2D eigenvalue weighted by molar-refractivity contribution is 9.10. The summed E-state index contributed by atoms with van der Waals surface area (Å²) in [4.78, 5) is 16.1. The topological polar surface area (TPSA) is 44.9 Å². The molecular formula is C15H13BrN2OS. The molecule has 0 unspecified atom stereocenters. The number of hydrogen-bond donors (Lipinski definition) is 2. The average molecular weight is 349 g/mol. The van der Waals surface area contributed by atoms with E-state index in [2.05, 4.69) is 26.2 Å². The first-order chi connectivity index (χ1) is 9.74. The van der Waals surface area contributed by atoms with E-state index in [1.807, 2.05) is 41.8 Å². The molecule has 0 fully saturated rings. The van der Waals surface area contributed by atoms with Crippen LogP contribution >= 0.6 is 27.3 Å². The Morgan fingerprint density at radius 1 is 1.20 bits per heavy atom. The summed E-state index contributed by atoms with van der Waals surface area (Å²) in [5.74, 6) is 0. The summed E-state index contributed by atoms with van der Waals surface area (Å²) in [5.41, 5.74) is 1.61. The van der Waals surface area contributed by atoms with Crippen LogP contribution in [0, 0.1) is 0 Å². The van der Waals surface area contributed by atoms with Crippen LogP contribution in [0.25, 0.3) is 10.9 Å². The van der Waals surface area contributed by atoms with Gasteiger partial charge in [-0.2, -0.15) is 0 Å². The van der Waals surface area contributed by atoms with Crippen molar-refractivity contribution in [2.45, 2.75) is 13.1 Å². The molecule has 0 bridgehead atoms. The number of fused-ring (bicyclic) bond motifs is 1. The second-order valence-corrected chi connectivity index (χ2v) is 6.36. The second-order valence-electron chi connectivity index (χ2n) is 4.51. The van der Waals surface area contributed by atoms with Crippen molar-refractivity contribution in [3.63, 3.8) is 0 Å². The van der Waals surface area contributed by atoms with E-state index in [4.69, 9.17) is 0 Å². The van der Waals surface area contributed by atoms with Gasteiger partial charge in [-0.25, -0.2) is 0 Å². The van der Waals surface area contributed by atoms with Gasteiger partial charge >= 0.3 is 0 Å². The highest BCUT2D eigenvalue weighted by Gasteiger charge is 2.04. The first-order valence-electron chi connectivity index (χ1n) is 6.27. The third-order valence-electron chi connectivity index (χ3n) is 3.12. The lowest BCUT2D eigenvalue weighted by Gasteiger charge is -2.05. The molecule has 0 amide bonds. The summed E-state index contributed by atoms with van der Waals surface area (Å²) in [6, 6.07) is 11.8. The number of pyridine rings is 1. The Balaban J connectivity index is 1.76. The maximum atomic E-state index is 12.0. The van der Waals surface area contributed by atoms with E-state index in [1.165, 1.54) is 4.88 Å². The van der Waals surface area contributed by atoms with Crippen LogP contribution in [0.1, 0.15) is 10.4 Å². The van der Waals surface area contributed by atoms with Crippen LogP contribution in [0.4, 0.5) is 0 Å². The van der Waals surface area contributed by atoms with Crippen LogP contribution in [0.3, 0.4) is 0 Å². The van der Waals surface area contributed by atoms with Gasteiger partial charge in [-0.3, -0.25) is 4.79 Å². The third kappa shape index (κ3) is 2.85. The number of aromatic nitrogens is 1. The lowest BCUT2D eigenvalue weighted by atomic mass is 10.1. The van der Waals surface area contributed by atoms with Gasteiger partial charge in [-0.15, -0.1) is 11.3 Å². The van der Waals surface area contributed by atoms with Crippen LogP contribution in [-0.2, 0) is 13.1 Å². The van der Waals surface area contributed by atoms with Crippen molar-refractivity contribution in [3.05, 3.63) is 67.0 Å². The minimum Gasteiger partial charge on any atom is -0.322 e. The zero-order chi connectivity index (χ0) is 13.9. The van der Waals surface area contributed by atoms with E-state index in [-0.39, 0.29) is 5.56 Å². The van der Waals surface area contributed by atoms with Crippen LogP contribution in [-0.4, -0.2) is 4.98 Å². The van der Waals surface area contributed by atoms with Gasteiger partial charge in [0.2, 0.25) is 0 Å². The van der Waals surface area contributed by atoms with Gasteiger partial charge in [0.1, 0.15) is 0 Å². The molecule has 0 atom stereocenters. The van der Waals surface area contributed by atoms with Crippen molar-refractivity contribution in [1.82, 2.24) is 10.3 Å². The first-order valence-corrected chi connectivity index (χ1v) is 7.95. The van der Waals surface area contributed by atoms with Crippen molar-refractivity contribution in [1.29, 1.82) is 0 Å². The summed E-state index contributed by atoms with van der Waals surface area (Å²) in [7, 11) is 0. The van der Waals surface area contributed by atoms with E-state index >= 15 is 0 Å². The standard InChI is InChI=1S/C15H13BrN2OS/c16-12-5-6-20-14(12)9-17-8-11-7-10-3-1-2-4-13(10)18-15(11)19/h1-7,17H,8-9H2,(H,18,19). The zero-order valence-electron chi connectivity index (χ0n) is 10.7. The summed E-state index contributed by atoms with van der Waals surface area (Å²) >= 11 is 5.20. The highest BCUT2D eigenvalue weighted by atomic mass is 79.9. The van der Waals surface area contributed by atoms with Crippen molar-refractivity contribution < 1.29 is 0 Å². The monoisotopic (exact) mass is 348 g/mol. The van der Waals surface area contributed by atoms with Gasteiger partial charge < -0.3 is 10.3 Å². The maximum Gasteiger partial charge on any atom is 0.252 e. The Kier molecular flexibility index (Phi) is 4.00. The molecule has 102 valence electrons. The molecule has 0 saturated heterocycles. The van der Waals surface area contributed by atoms with E-state index in [1.54, 1.807) is 11.3 Å². The largest absolute Gasteiger partial charge is 0.322 e. The third-order valence-corrected chi connectivity index (χ3v) is 5.05. The summed E-state index contributed by atoms with van der Waals surface area (Å²) < 4.78 is 1.11. The van der Waals surface area contributed by atoms with Crippen molar-refractivity contribution >= 4 is 38.2 Å². The molecule has 0 aliphatic carbocycles. The number of rotatable bonds is 4. The molecule has 0 aliphatic heterocycles. The number of aromatic amines is 1. The molecular weight excluding hydrogens is 336 g/mol. The fourth-order valence-corrected chi connectivity index (χ4v) is 3.55. The lowest BCUT2D eigenvalue weighted by molar-refractivity contribution is 0.694. The molecule has 2 N–H and O–H groups in total. The molecule has 0 spiro atoms. The molecule has 3 aromatic rings. The van der Waals surface area contributed by atoms with E-state index in [0.29, 0.717) is 6.54 Å². The van der Waals surface area contributed by atoms with Crippen molar-refractivity contribution in [2.75, 3.05) is 0 Å². The minimum atomic E-state index is -0.0264. The van der Waals surface area contributed by atoms with Crippen molar-refractivity contribution in [3.8, 4) is 0 Å². The summed E-state index contributed by atoms with van der Waals surface area (Å²) in [5, 5.41) is 6.41. The lowest BCUT2D eigenvalue weighted by Crippen LogP contribution is -2.20. The minimum absolute atomic E-state index is 0.0264. The normalized spacial score (nSPS) is 11.1. The zero-order valence-corrected chi connectivity index (χ0v) is 13.1. The molecule has 5 heteroatoms. The van der Waals surface area contributed by atoms with Gasteiger partial charge in [0.15, 0.2) is 0 Å². The van der Waals surface area contributed by atoms with E-state index in [9.17, 15) is 4.79 Å². The van der Waals surface area contributed by atoms with Gasteiger partial charge in [-0.05, 0) is 44.9 Å². The number of H-pyrrole nitrogens is 1. The van der Waals surface area contributed by atoms with Crippen molar-refractivity contribution in [2.24, 2.45) is 0 Å². The molecule has 0 aliphatic rings. The number of benzene rings is 1. The molecule has 0 saturated carbocycles. The van der Waals surface area contributed by atoms with E-state index in [0.717, 1.165) is 27.5 Å². The highest BCUT2D eigenvalue weighted by Crippen LogP contribution is 2.22. The van der Waals surface area contributed by atoms with Gasteiger partial charge in [0.05, 0.1) is 0 Å². The number of thiophene rings is 1. The average Bonchev–Trinajstić information content (AvgIpc) is 2.85. The predicted octanol–water partition coefficient (Wildman–Crippen LogP) is 3.64. The van der Waals surface area contributed by atoms with Crippen LogP contribution in [0.5, 0.6) is 0 Å². The fraction of sp³-hybridized carbons (Fsp3) is 0.133. The number of hydrogen-bond acceptors (Lipinski definition) is 3. The fourth-order valence-electron chi connectivity index (χ4n) is 2.09. The summed E-state index contributed by atoms with van der Waals surface area (Å²) in [6.45, 7) is 1.31. The molecule has 2 aromatic heterocycles. The first kappa shape index (κ1) is 13.5. The quantitative estimate of drug-likeness (QED) is 0.755. The molecule has 2 heterocycles. The number of para-hydroxylation sites is 1. The van der Waals surface area contributed by atoms with Gasteiger partial charge in [0.25, 0.3) is 5.56 Å². The molecule has 0 radical (unpaired) electrons. The predicted molar refractivity (Wildman–Crippen MR) is 87.1 cm³/mol. The van der Waals surface area contributed by atoms with E-state index < -0.39 is 0 Å². The van der Waals surface area contributed by atoms with Crippen LogP contribution in [0.15, 0.2) is 51.0 Å². The Labute approximate surface area is 128 Å². The number of halogens is 1. The molecule has 3 rings (SSSR count). The smallest absolute Gasteiger partial charge is 0.252 e. The van der Waals surface area contributed by atoms with Gasteiger partial charge in [-0.1, -0.05) is 18.2 Å². The molecule has 3 nitrogen and oxygen atoms in total. The maximum absolute atomic E-state index is 12.0. The summed E-state index contributed by atoms with van der Waals surface area (Å²) in [6.07, 6.45) is 0. The Morgan fingerprint density at radius 2 is 2.05 bits per heavy atom. The second kappa shape index (κ2) is 5.91. The Bertz CT molecular complexity index is 794. The van der Waals surface area contributed by atoms with Crippen LogP contribution in [0.2, 0.25) is 0 Å². The Morgan fingerprint density at radius 3 is 2.85 bits per heavy atom. The number of nitrogens with one attached hydrogen (secondary N) is 2. The SMILES string of the molecule is O=c1[nH]c2ccccc2cc1CNCc1sccc1Br. The Hall–Kier alpha value is -1.43. The van der Waals surface area contributed by atoms with Gasteiger partial charge in [0, 0.05) is 33.5 Å². The van der Waals surface area contributed by atoms with Crippen LogP contribution < -0.4 is 10.9 Å². The molecule has 1 aromatic carbocycles. The molecule has 20 heavy (non-hydrogen) atoms.